The Morgan fingerprint density at radius 2 is 1.64 bits per heavy atom. The van der Waals surface area contributed by atoms with Crippen LogP contribution in [0.1, 0.15) is 34.6 Å². The molecule has 0 saturated carbocycles. The van der Waals surface area contributed by atoms with Crippen LogP contribution < -0.4 is 10.1 Å². The fourth-order valence-corrected chi connectivity index (χ4v) is 3.88. The minimum absolute atomic E-state index is 0.352. The lowest BCUT2D eigenvalue weighted by Gasteiger charge is -2.36. The first-order chi connectivity index (χ1) is 13.2. The van der Waals surface area contributed by atoms with Gasteiger partial charge in [0.15, 0.2) is 24.0 Å². The first-order valence-corrected chi connectivity index (χ1v) is 9.58. The number of fused-ring (bicyclic) bond motifs is 3. The smallest absolute Gasteiger partial charge is 0.256 e. The average molecular weight is 393 g/mol. The molecule has 0 aliphatic carbocycles. The number of benzene rings is 1. The predicted molar refractivity (Wildman–Crippen MR) is 98.8 cm³/mol. The maximum absolute atomic E-state index is 13.1. The van der Waals surface area contributed by atoms with E-state index in [0.717, 1.165) is 0 Å². The summed E-state index contributed by atoms with van der Waals surface area (Å²) in [5.41, 5.74) is 0.568. The average Bonchev–Trinajstić information content (AvgIpc) is 3.10. The molecule has 0 aromatic heterocycles. The van der Waals surface area contributed by atoms with Crippen molar-refractivity contribution in [2.75, 3.05) is 11.9 Å². The van der Waals surface area contributed by atoms with E-state index < -0.39 is 42.3 Å². The standard InChI is InChI=1S/C20H27NO7/c1-6-23-12-10-8-7-9-11(12)21-17(22)15-13-14(26-19(2,3)25-13)16-18(24-15)28-20(4,5)27-16/h7-10,13-16,18H,6H2,1-5H3,(H,21,22)/t13-,14+,15+,16+,18+/m0/s1. The molecule has 4 rings (SSSR count). The predicted octanol–water partition coefficient (Wildman–Crippen LogP) is 2.42. The summed E-state index contributed by atoms with van der Waals surface area (Å²) < 4.78 is 35.4. The highest BCUT2D eigenvalue weighted by atomic mass is 16.9. The third-order valence-electron chi connectivity index (χ3n) is 4.86. The quantitative estimate of drug-likeness (QED) is 0.841. The molecule has 0 bridgehead atoms. The summed E-state index contributed by atoms with van der Waals surface area (Å²) in [7, 11) is 0. The van der Waals surface area contributed by atoms with Gasteiger partial charge in [-0.25, -0.2) is 0 Å². The van der Waals surface area contributed by atoms with Crippen molar-refractivity contribution in [1.82, 2.24) is 0 Å². The number of rotatable bonds is 4. The van der Waals surface area contributed by atoms with Crippen molar-refractivity contribution in [1.29, 1.82) is 0 Å². The summed E-state index contributed by atoms with van der Waals surface area (Å²) in [4.78, 5) is 13.1. The van der Waals surface area contributed by atoms with Crippen LogP contribution in [0, 0.1) is 0 Å². The maximum Gasteiger partial charge on any atom is 0.256 e. The van der Waals surface area contributed by atoms with Crippen molar-refractivity contribution in [2.24, 2.45) is 0 Å². The number of ether oxygens (including phenoxy) is 6. The molecular weight excluding hydrogens is 366 g/mol. The second kappa shape index (κ2) is 6.96. The topological polar surface area (TPSA) is 84.5 Å². The molecule has 3 heterocycles. The van der Waals surface area contributed by atoms with Crippen molar-refractivity contribution >= 4 is 11.6 Å². The highest BCUT2D eigenvalue weighted by molar-refractivity contribution is 5.96. The Morgan fingerprint density at radius 1 is 1.00 bits per heavy atom. The van der Waals surface area contributed by atoms with Gasteiger partial charge in [0.05, 0.1) is 12.3 Å². The van der Waals surface area contributed by atoms with Gasteiger partial charge in [-0.2, -0.15) is 0 Å². The highest BCUT2D eigenvalue weighted by Crippen LogP contribution is 2.44. The number of nitrogens with one attached hydrogen (secondary N) is 1. The molecule has 1 aromatic carbocycles. The van der Waals surface area contributed by atoms with E-state index in [0.29, 0.717) is 18.0 Å². The SMILES string of the molecule is CCOc1ccccc1NC(=O)[C@@H]1O[C@@H]2OC(C)(C)O[C@@H]2[C@@H]2OC(C)(C)O[C@@H]21. The zero-order valence-electron chi connectivity index (χ0n) is 16.8. The lowest BCUT2D eigenvalue weighted by atomic mass is 9.98. The third kappa shape index (κ3) is 3.62. The van der Waals surface area contributed by atoms with Gasteiger partial charge in [0.1, 0.15) is 24.1 Å². The lowest BCUT2D eigenvalue weighted by Crippen LogP contribution is -2.58. The Hall–Kier alpha value is -1.71. The van der Waals surface area contributed by atoms with E-state index in [1.807, 2.05) is 19.1 Å². The van der Waals surface area contributed by atoms with Gasteiger partial charge in [0.2, 0.25) is 0 Å². The molecule has 3 aliphatic rings. The fourth-order valence-electron chi connectivity index (χ4n) is 3.88. The number of anilines is 1. The van der Waals surface area contributed by atoms with E-state index in [9.17, 15) is 4.79 Å². The Bertz CT molecular complexity index is 750. The molecule has 1 aromatic rings. The Labute approximate surface area is 164 Å². The molecular formula is C20H27NO7. The summed E-state index contributed by atoms with van der Waals surface area (Å²) >= 11 is 0. The van der Waals surface area contributed by atoms with Gasteiger partial charge >= 0.3 is 0 Å². The molecule has 8 heteroatoms. The molecule has 8 nitrogen and oxygen atoms in total. The van der Waals surface area contributed by atoms with Crippen LogP contribution in [0.4, 0.5) is 5.69 Å². The van der Waals surface area contributed by atoms with Crippen LogP contribution in [0.2, 0.25) is 0 Å². The molecule has 1 amide bonds. The molecule has 154 valence electrons. The van der Waals surface area contributed by atoms with Crippen molar-refractivity contribution in [3.63, 3.8) is 0 Å². The summed E-state index contributed by atoms with van der Waals surface area (Å²) in [5, 5.41) is 2.88. The first-order valence-electron chi connectivity index (χ1n) is 9.58. The van der Waals surface area contributed by atoms with Crippen LogP contribution in [0.3, 0.4) is 0 Å². The van der Waals surface area contributed by atoms with Crippen molar-refractivity contribution in [3.05, 3.63) is 24.3 Å². The van der Waals surface area contributed by atoms with E-state index in [1.165, 1.54) is 0 Å². The second-order valence-electron chi connectivity index (χ2n) is 8.01. The molecule has 0 unspecified atom stereocenters. The van der Waals surface area contributed by atoms with E-state index in [1.54, 1.807) is 39.8 Å². The van der Waals surface area contributed by atoms with Crippen molar-refractivity contribution in [3.8, 4) is 5.75 Å². The zero-order chi connectivity index (χ0) is 20.1. The Morgan fingerprint density at radius 3 is 2.39 bits per heavy atom. The number of para-hydroxylation sites is 2. The number of hydrogen-bond donors (Lipinski definition) is 1. The van der Waals surface area contributed by atoms with Gasteiger partial charge in [-0.1, -0.05) is 12.1 Å². The highest BCUT2D eigenvalue weighted by Gasteiger charge is 2.62. The maximum atomic E-state index is 13.1. The zero-order valence-corrected chi connectivity index (χ0v) is 16.8. The normalized spacial score (nSPS) is 35.1. The fraction of sp³-hybridized carbons (Fsp3) is 0.650. The summed E-state index contributed by atoms with van der Waals surface area (Å²) in [6.07, 6.45) is -3.20. The van der Waals surface area contributed by atoms with Crippen LogP contribution >= 0.6 is 0 Å². The van der Waals surface area contributed by atoms with Gasteiger partial charge in [0.25, 0.3) is 5.91 Å². The molecule has 0 radical (unpaired) electrons. The van der Waals surface area contributed by atoms with E-state index in [2.05, 4.69) is 5.32 Å². The van der Waals surface area contributed by atoms with Gasteiger partial charge in [-0.3, -0.25) is 4.79 Å². The van der Waals surface area contributed by atoms with Gasteiger partial charge < -0.3 is 33.7 Å². The Kier molecular flexibility index (Phi) is 4.87. The molecule has 5 atom stereocenters. The first kappa shape index (κ1) is 19.6. The molecule has 1 N–H and O–H groups in total. The summed E-state index contributed by atoms with van der Waals surface area (Å²) in [6, 6.07) is 7.25. The largest absolute Gasteiger partial charge is 0.492 e. The molecule has 28 heavy (non-hydrogen) atoms. The summed E-state index contributed by atoms with van der Waals surface area (Å²) in [5.74, 6) is -1.45. The van der Waals surface area contributed by atoms with E-state index in [4.69, 9.17) is 28.4 Å². The minimum Gasteiger partial charge on any atom is -0.492 e. The van der Waals surface area contributed by atoms with Crippen molar-refractivity contribution < 1.29 is 33.2 Å². The van der Waals surface area contributed by atoms with Gasteiger partial charge in [0, 0.05) is 0 Å². The monoisotopic (exact) mass is 393 g/mol. The molecule has 3 aliphatic heterocycles. The number of carbonyl (C=O) groups is 1. The number of carbonyl (C=O) groups excluding carboxylic acids is 1. The number of amides is 1. The minimum atomic E-state index is -0.916. The Balaban J connectivity index is 1.57. The lowest BCUT2D eigenvalue weighted by molar-refractivity contribution is -0.229. The van der Waals surface area contributed by atoms with Crippen LogP contribution in [-0.4, -0.2) is 54.8 Å². The van der Waals surface area contributed by atoms with Gasteiger partial charge in [-0.05, 0) is 46.8 Å². The van der Waals surface area contributed by atoms with Crippen LogP contribution in [0.5, 0.6) is 5.75 Å². The van der Waals surface area contributed by atoms with Crippen LogP contribution in [0.15, 0.2) is 24.3 Å². The van der Waals surface area contributed by atoms with Crippen LogP contribution in [0.25, 0.3) is 0 Å². The van der Waals surface area contributed by atoms with E-state index >= 15 is 0 Å². The molecule has 0 spiro atoms. The number of hydrogen-bond acceptors (Lipinski definition) is 7. The van der Waals surface area contributed by atoms with Gasteiger partial charge in [-0.15, -0.1) is 0 Å². The summed E-state index contributed by atoms with van der Waals surface area (Å²) in [6.45, 7) is 9.60. The third-order valence-corrected chi connectivity index (χ3v) is 4.86. The molecule has 3 saturated heterocycles. The van der Waals surface area contributed by atoms with E-state index in [-0.39, 0.29) is 5.91 Å². The molecule has 3 fully saturated rings. The van der Waals surface area contributed by atoms with Crippen molar-refractivity contribution in [2.45, 2.75) is 76.9 Å². The van der Waals surface area contributed by atoms with Crippen LogP contribution in [-0.2, 0) is 28.5 Å². The second-order valence-corrected chi connectivity index (χ2v) is 8.01.